The molecule has 0 spiro atoms. The van der Waals surface area contributed by atoms with Crippen molar-refractivity contribution in [3.05, 3.63) is 27.4 Å². The van der Waals surface area contributed by atoms with E-state index >= 15 is 0 Å². The zero-order chi connectivity index (χ0) is 13.2. The van der Waals surface area contributed by atoms with E-state index in [1.165, 1.54) is 0 Å². The van der Waals surface area contributed by atoms with Gasteiger partial charge in [-0.15, -0.1) is 0 Å². The fraction of sp³-hybridized carbons (Fsp3) is 0.692. The molecule has 6 heteroatoms. The van der Waals surface area contributed by atoms with Gasteiger partial charge < -0.3 is 14.5 Å². The van der Waals surface area contributed by atoms with Crippen molar-refractivity contribution in [3.8, 4) is 0 Å². The van der Waals surface area contributed by atoms with E-state index in [1.54, 1.807) is 0 Å². The molecule has 0 unspecified atom stereocenters. The summed E-state index contributed by atoms with van der Waals surface area (Å²) >= 11 is 0. The van der Waals surface area contributed by atoms with Crippen LogP contribution in [-0.4, -0.2) is 41.4 Å². The normalized spacial score (nSPS) is 22.7. The average molecular weight is 265 g/mol. The quantitative estimate of drug-likeness (QED) is 0.857. The van der Waals surface area contributed by atoms with Crippen LogP contribution in [0.5, 0.6) is 0 Å². The molecule has 3 rings (SSSR count). The first-order valence-electron chi connectivity index (χ1n) is 6.74. The lowest BCUT2D eigenvalue weighted by molar-refractivity contribution is -0.0105. The Bertz CT molecular complexity index is 508. The van der Waals surface area contributed by atoms with Crippen molar-refractivity contribution in [1.29, 1.82) is 0 Å². The first kappa shape index (κ1) is 12.8. The number of rotatable bonds is 3. The minimum Gasteiger partial charge on any atom is -0.376 e. The molecule has 0 aromatic carbocycles. The van der Waals surface area contributed by atoms with Crippen molar-refractivity contribution in [2.45, 2.75) is 38.6 Å². The van der Waals surface area contributed by atoms with E-state index in [0.29, 0.717) is 31.1 Å². The third-order valence-corrected chi connectivity index (χ3v) is 3.68. The maximum Gasteiger partial charge on any atom is 0.256 e. The van der Waals surface area contributed by atoms with Crippen molar-refractivity contribution in [2.75, 3.05) is 20.3 Å². The fourth-order valence-corrected chi connectivity index (χ4v) is 2.62. The number of ether oxygens (including phenoxy) is 2. The van der Waals surface area contributed by atoms with Gasteiger partial charge in [0, 0.05) is 13.0 Å². The molecule has 0 saturated carbocycles. The van der Waals surface area contributed by atoms with E-state index in [2.05, 4.69) is 14.9 Å². The van der Waals surface area contributed by atoms with E-state index in [0.717, 1.165) is 31.6 Å². The number of H-pyrrole nitrogens is 1. The summed E-state index contributed by atoms with van der Waals surface area (Å²) in [6, 6.07) is 0. The molecule has 104 valence electrons. The van der Waals surface area contributed by atoms with Crippen molar-refractivity contribution >= 4 is 0 Å². The van der Waals surface area contributed by atoms with Gasteiger partial charge in [0.25, 0.3) is 5.56 Å². The second-order valence-electron chi connectivity index (χ2n) is 5.12. The zero-order valence-electron chi connectivity index (χ0n) is 11.1. The van der Waals surface area contributed by atoms with E-state index in [9.17, 15) is 4.79 Å². The number of nitrogens with one attached hydrogen (secondary N) is 1. The Labute approximate surface area is 111 Å². The summed E-state index contributed by atoms with van der Waals surface area (Å²) in [5.74, 6) is 0.712. The first-order valence-corrected chi connectivity index (χ1v) is 6.74. The molecular weight excluding hydrogens is 246 g/mol. The van der Waals surface area contributed by atoms with Crippen molar-refractivity contribution in [2.24, 2.45) is 0 Å². The lowest BCUT2D eigenvalue weighted by Gasteiger charge is -2.23. The summed E-state index contributed by atoms with van der Waals surface area (Å²) in [7, 11) is 2.00. The lowest BCUT2D eigenvalue weighted by Crippen LogP contribution is -2.33. The van der Waals surface area contributed by atoms with Gasteiger partial charge in [-0.3, -0.25) is 9.69 Å². The molecule has 1 saturated heterocycles. The molecule has 1 aromatic rings. The molecular formula is C13H19N3O3. The highest BCUT2D eigenvalue weighted by Crippen LogP contribution is 2.17. The number of nitrogens with zero attached hydrogens (tertiary/aromatic N) is 2. The standard InChI is InChI=1S/C13H19N3O3/c1-16(12-3-2-5-19-12)7-11-14-10-4-6-18-8-9(10)13(17)15-11/h12H,2-8H2,1H3,(H,14,15,17)/t12-/m1/s1. The molecule has 1 N–H and O–H groups in total. The Balaban J connectivity index is 1.77. The van der Waals surface area contributed by atoms with Crippen LogP contribution in [0.3, 0.4) is 0 Å². The van der Waals surface area contributed by atoms with Crippen LogP contribution in [0, 0.1) is 0 Å². The molecule has 6 nitrogen and oxygen atoms in total. The van der Waals surface area contributed by atoms with Crippen LogP contribution >= 0.6 is 0 Å². The Kier molecular flexibility index (Phi) is 3.63. The molecule has 3 heterocycles. The second kappa shape index (κ2) is 5.40. The second-order valence-corrected chi connectivity index (χ2v) is 5.12. The number of hydrogen-bond acceptors (Lipinski definition) is 5. The zero-order valence-corrected chi connectivity index (χ0v) is 11.1. The SMILES string of the molecule is CN(Cc1nc2c(c(=O)[nH]1)COCC2)[C@H]1CCCO1. The molecule has 19 heavy (non-hydrogen) atoms. The van der Waals surface area contributed by atoms with Crippen LogP contribution in [0.4, 0.5) is 0 Å². The summed E-state index contributed by atoms with van der Waals surface area (Å²) in [6.45, 7) is 2.44. The number of fused-ring (bicyclic) bond motifs is 1. The van der Waals surface area contributed by atoms with Gasteiger partial charge in [-0.05, 0) is 19.9 Å². The summed E-state index contributed by atoms with van der Waals surface area (Å²) in [6.07, 6.45) is 3.00. The van der Waals surface area contributed by atoms with Gasteiger partial charge in [-0.25, -0.2) is 4.98 Å². The van der Waals surface area contributed by atoms with E-state index in [-0.39, 0.29) is 11.8 Å². The Hall–Kier alpha value is -1.24. The first-order chi connectivity index (χ1) is 9.24. The third-order valence-electron chi connectivity index (χ3n) is 3.68. The van der Waals surface area contributed by atoms with Crippen LogP contribution in [0.25, 0.3) is 0 Å². The molecule has 1 atom stereocenters. The number of aromatic nitrogens is 2. The van der Waals surface area contributed by atoms with Gasteiger partial charge in [0.1, 0.15) is 12.1 Å². The molecule has 2 aliphatic heterocycles. The Morgan fingerprint density at radius 1 is 1.47 bits per heavy atom. The topological polar surface area (TPSA) is 67.5 Å². The van der Waals surface area contributed by atoms with Crippen LogP contribution in [0.1, 0.15) is 29.9 Å². The third kappa shape index (κ3) is 2.70. The molecule has 0 aliphatic carbocycles. The van der Waals surface area contributed by atoms with Gasteiger partial charge in [0.05, 0.1) is 31.0 Å². The fourth-order valence-electron chi connectivity index (χ4n) is 2.62. The maximum absolute atomic E-state index is 12.0. The van der Waals surface area contributed by atoms with Crippen molar-refractivity contribution in [3.63, 3.8) is 0 Å². The highest BCUT2D eigenvalue weighted by Gasteiger charge is 2.22. The van der Waals surface area contributed by atoms with E-state index in [4.69, 9.17) is 9.47 Å². The summed E-state index contributed by atoms with van der Waals surface area (Å²) in [5.41, 5.74) is 1.49. The maximum atomic E-state index is 12.0. The van der Waals surface area contributed by atoms with Gasteiger partial charge in [-0.2, -0.15) is 0 Å². The van der Waals surface area contributed by atoms with Gasteiger partial charge in [0.15, 0.2) is 0 Å². The average Bonchev–Trinajstić information content (AvgIpc) is 2.93. The molecule has 1 fully saturated rings. The largest absolute Gasteiger partial charge is 0.376 e. The van der Waals surface area contributed by atoms with Gasteiger partial charge in [0.2, 0.25) is 0 Å². The Morgan fingerprint density at radius 2 is 2.37 bits per heavy atom. The van der Waals surface area contributed by atoms with Crippen LogP contribution < -0.4 is 5.56 Å². The number of aromatic amines is 1. The van der Waals surface area contributed by atoms with Gasteiger partial charge in [-0.1, -0.05) is 0 Å². The summed E-state index contributed by atoms with van der Waals surface area (Å²) < 4.78 is 10.9. The molecule has 0 amide bonds. The van der Waals surface area contributed by atoms with Crippen LogP contribution in [0.2, 0.25) is 0 Å². The number of hydrogen-bond donors (Lipinski definition) is 1. The highest BCUT2D eigenvalue weighted by molar-refractivity contribution is 5.19. The van der Waals surface area contributed by atoms with Crippen molar-refractivity contribution < 1.29 is 9.47 Å². The van der Waals surface area contributed by atoms with Crippen molar-refractivity contribution in [1.82, 2.24) is 14.9 Å². The summed E-state index contributed by atoms with van der Waals surface area (Å²) in [5, 5.41) is 0. The molecule has 1 aromatic heterocycles. The molecule has 0 radical (unpaired) electrons. The summed E-state index contributed by atoms with van der Waals surface area (Å²) in [4.78, 5) is 21.5. The van der Waals surface area contributed by atoms with E-state index < -0.39 is 0 Å². The molecule has 2 aliphatic rings. The Morgan fingerprint density at radius 3 is 3.16 bits per heavy atom. The minimum absolute atomic E-state index is 0.0690. The monoisotopic (exact) mass is 265 g/mol. The van der Waals surface area contributed by atoms with E-state index in [1.807, 2.05) is 7.05 Å². The predicted octanol–water partition coefficient (Wildman–Crippen LogP) is 0.411. The lowest BCUT2D eigenvalue weighted by atomic mass is 10.1. The van der Waals surface area contributed by atoms with Gasteiger partial charge >= 0.3 is 0 Å². The predicted molar refractivity (Wildman–Crippen MR) is 68.7 cm³/mol. The minimum atomic E-state index is -0.0690. The van der Waals surface area contributed by atoms with Crippen LogP contribution in [0.15, 0.2) is 4.79 Å². The molecule has 0 bridgehead atoms. The van der Waals surface area contributed by atoms with Crippen LogP contribution in [-0.2, 0) is 29.0 Å². The highest BCUT2D eigenvalue weighted by atomic mass is 16.5. The smallest absolute Gasteiger partial charge is 0.256 e.